The maximum atomic E-state index is 13.5. The summed E-state index contributed by atoms with van der Waals surface area (Å²) in [4.78, 5) is 48.9. The molecular weight excluding hydrogens is 600 g/mol. The van der Waals surface area contributed by atoms with Crippen molar-refractivity contribution in [2.24, 2.45) is 17.6 Å². The average Bonchev–Trinajstić information content (AvgIpc) is 3.88. The van der Waals surface area contributed by atoms with E-state index in [0.29, 0.717) is 6.54 Å². The third-order valence-corrected chi connectivity index (χ3v) is 9.79. The number of likely N-dealkylation sites (tertiary alicyclic amines) is 2. The number of fused-ring (bicyclic) bond motifs is 1. The van der Waals surface area contributed by atoms with Gasteiger partial charge in [0.2, 0.25) is 11.8 Å². The molecule has 2 aliphatic heterocycles. The molecule has 0 radical (unpaired) electrons. The highest BCUT2D eigenvalue weighted by Crippen LogP contribution is 2.34. The third kappa shape index (κ3) is 6.75. The molecule has 252 valence electrons. The normalized spacial score (nSPS) is 19.4. The number of imidazole rings is 2. The van der Waals surface area contributed by atoms with E-state index in [-0.39, 0.29) is 41.8 Å². The van der Waals surface area contributed by atoms with Gasteiger partial charge in [-0.15, -0.1) is 0 Å². The van der Waals surface area contributed by atoms with Crippen LogP contribution in [0.15, 0.2) is 48.7 Å². The van der Waals surface area contributed by atoms with Crippen LogP contribution in [0.25, 0.3) is 22.3 Å². The van der Waals surface area contributed by atoms with Gasteiger partial charge < -0.3 is 25.5 Å². The number of nitrogens with one attached hydrogen (secondary N) is 2. The summed E-state index contributed by atoms with van der Waals surface area (Å²) in [7, 11) is 3.95. The highest BCUT2D eigenvalue weighted by Gasteiger charge is 2.38. The fraction of sp³-hybridized carbons (Fsp3) is 0.474. The van der Waals surface area contributed by atoms with Crippen molar-refractivity contribution < 1.29 is 9.59 Å². The zero-order valence-electron chi connectivity index (χ0n) is 29.0. The Balaban J connectivity index is 1.14. The summed E-state index contributed by atoms with van der Waals surface area (Å²) in [5.41, 5.74) is 11.7. The minimum atomic E-state index is -0.502. The molecular formula is C38H48N8O2. The summed E-state index contributed by atoms with van der Waals surface area (Å²) in [6.07, 6.45) is 5.51. The SMILES string of the molecule is CC(C)[C@H](N)C(=O)N1CCC[C@H]1c1ncc(-c2ccc(C#Cc3ccc4nc([C@@H]5CCCN5C(=O)[C@@H](C(C)C)N(C)C)[nH]c4c3)cc2)[nH]1. The molecule has 2 saturated heterocycles. The van der Waals surface area contributed by atoms with Gasteiger partial charge in [0.05, 0.1) is 47.1 Å². The number of rotatable bonds is 8. The summed E-state index contributed by atoms with van der Waals surface area (Å²) in [6, 6.07) is 13.3. The van der Waals surface area contributed by atoms with Gasteiger partial charge in [0.25, 0.3) is 0 Å². The van der Waals surface area contributed by atoms with Gasteiger partial charge in [-0.05, 0) is 87.5 Å². The van der Waals surface area contributed by atoms with Crippen LogP contribution in [0.4, 0.5) is 0 Å². The predicted octanol–water partition coefficient (Wildman–Crippen LogP) is 5.25. The molecule has 0 saturated carbocycles. The first-order valence-corrected chi connectivity index (χ1v) is 17.2. The summed E-state index contributed by atoms with van der Waals surface area (Å²) < 4.78 is 0. The lowest BCUT2D eigenvalue weighted by atomic mass is 10.0. The smallest absolute Gasteiger partial charge is 0.240 e. The Morgan fingerprint density at radius 3 is 2.12 bits per heavy atom. The molecule has 2 aromatic heterocycles. The highest BCUT2D eigenvalue weighted by atomic mass is 16.2. The molecule has 10 heteroatoms. The quantitative estimate of drug-likeness (QED) is 0.224. The number of carbonyl (C=O) groups excluding carboxylic acids is 2. The Labute approximate surface area is 283 Å². The van der Waals surface area contributed by atoms with Crippen LogP contribution in [0, 0.1) is 23.7 Å². The minimum Gasteiger partial charge on any atom is -0.340 e. The van der Waals surface area contributed by atoms with Crippen molar-refractivity contribution in [3.8, 4) is 23.1 Å². The molecule has 6 rings (SSSR count). The average molecular weight is 649 g/mol. The summed E-state index contributed by atoms with van der Waals surface area (Å²) >= 11 is 0. The fourth-order valence-corrected chi connectivity index (χ4v) is 7.17. The Hall–Kier alpha value is -4.46. The number of amides is 2. The van der Waals surface area contributed by atoms with Crippen molar-refractivity contribution in [3.63, 3.8) is 0 Å². The molecule has 4 aromatic rings. The lowest BCUT2D eigenvalue weighted by Crippen LogP contribution is -2.48. The van der Waals surface area contributed by atoms with Crippen LogP contribution in [-0.4, -0.2) is 85.7 Å². The molecule has 0 aliphatic carbocycles. The molecule has 2 aliphatic rings. The van der Waals surface area contributed by atoms with E-state index in [9.17, 15) is 9.59 Å². The Morgan fingerprint density at radius 2 is 1.48 bits per heavy atom. The van der Waals surface area contributed by atoms with Crippen LogP contribution in [0.5, 0.6) is 0 Å². The number of benzene rings is 2. The molecule has 4 N–H and O–H groups in total. The van der Waals surface area contributed by atoms with E-state index in [0.717, 1.165) is 77.3 Å². The number of hydrogen-bond acceptors (Lipinski definition) is 6. The van der Waals surface area contributed by atoms with Gasteiger partial charge in [0, 0.05) is 24.2 Å². The van der Waals surface area contributed by atoms with E-state index in [1.807, 2.05) is 91.3 Å². The second kappa shape index (κ2) is 14.0. The van der Waals surface area contributed by atoms with Gasteiger partial charge in [0.1, 0.15) is 11.6 Å². The van der Waals surface area contributed by atoms with Crippen molar-refractivity contribution in [1.29, 1.82) is 0 Å². The molecule has 2 aromatic carbocycles. The maximum absolute atomic E-state index is 13.5. The van der Waals surface area contributed by atoms with Crippen molar-refractivity contribution in [1.82, 2.24) is 34.6 Å². The second-order valence-corrected chi connectivity index (χ2v) is 14.2. The van der Waals surface area contributed by atoms with Crippen molar-refractivity contribution in [3.05, 3.63) is 71.4 Å². The lowest BCUT2D eigenvalue weighted by Gasteiger charge is -2.33. The zero-order valence-corrected chi connectivity index (χ0v) is 29.0. The molecule has 48 heavy (non-hydrogen) atoms. The predicted molar refractivity (Wildman–Crippen MR) is 189 cm³/mol. The van der Waals surface area contributed by atoms with Crippen LogP contribution in [-0.2, 0) is 9.59 Å². The van der Waals surface area contributed by atoms with Crippen molar-refractivity contribution in [2.45, 2.75) is 77.5 Å². The summed E-state index contributed by atoms with van der Waals surface area (Å²) in [6.45, 7) is 9.61. The standard InChI is InChI=1S/C38H48N8O2/c1-23(2)33(39)37(47)45-19-7-9-31(45)35-40-22-30(43-35)27-16-13-25(14-17-27)11-12-26-15-18-28-29(21-26)42-36(41-28)32-10-8-20-46(32)38(48)34(24(3)4)44(5)6/h13-18,21-24,31-34H,7-10,19-20,39H2,1-6H3,(H,40,43)(H,41,42)/t31-,32-,33-,34+/m0/s1. The number of nitrogens with two attached hydrogens (primary N) is 1. The Kier molecular flexibility index (Phi) is 9.72. The van der Waals surface area contributed by atoms with E-state index in [2.05, 4.69) is 40.6 Å². The Bertz CT molecular complexity index is 1820. The number of H-pyrrole nitrogens is 2. The van der Waals surface area contributed by atoms with Crippen LogP contribution in [0.3, 0.4) is 0 Å². The molecule has 2 amide bonds. The van der Waals surface area contributed by atoms with E-state index in [1.165, 1.54) is 0 Å². The van der Waals surface area contributed by atoms with Crippen molar-refractivity contribution in [2.75, 3.05) is 27.2 Å². The third-order valence-electron chi connectivity index (χ3n) is 9.79. The number of aromatic amines is 2. The molecule has 0 bridgehead atoms. The van der Waals surface area contributed by atoms with Crippen LogP contribution >= 0.6 is 0 Å². The van der Waals surface area contributed by atoms with Gasteiger partial charge in [-0.3, -0.25) is 14.5 Å². The minimum absolute atomic E-state index is 0.00662. The fourth-order valence-electron chi connectivity index (χ4n) is 7.17. The summed E-state index contributed by atoms with van der Waals surface area (Å²) in [5.74, 6) is 8.69. The molecule has 4 atom stereocenters. The molecule has 2 fully saturated rings. The van der Waals surface area contributed by atoms with E-state index in [1.54, 1.807) is 0 Å². The molecule has 4 heterocycles. The van der Waals surface area contributed by atoms with Gasteiger partial charge in [-0.2, -0.15) is 0 Å². The largest absolute Gasteiger partial charge is 0.340 e. The van der Waals surface area contributed by atoms with Gasteiger partial charge in [-0.25, -0.2) is 9.97 Å². The van der Waals surface area contributed by atoms with E-state index in [4.69, 9.17) is 10.7 Å². The first-order valence-electron chi connectivity index (χ1n) is 17.2. The zero-order chi connectivity index (χ0) is 34.1. The summed E-state index contributed by atoms with van der Waals surface area (Å²) in [5, 5.41) is 0. The van der Waals surface area contributed by atoms with Crippen LogP contribution in [0.2, 0.25) is 0 Å². The molecule has 0 unspecified atom stereocenters. The second-order valence-electron chi connectivity index (χ2n) is 14.2. The molecule has 10 nitrogen and oxygen atoms in total. The number of nitrogens with zero attached hydrogens (tertiary/aromatic N) is 5. The molecule has 0 spiro atoms. The Morgan fingerprint density at radius 1 is 0.854 bits per heavy atom. The number of hydrogen-bond donors (Lipinski definition) is 3. The van der Waals surface area contributed by atoms with Gasteiger partial charge >= 0.3 is 0 Å². The maximum Gasteiger partial charge on any atom is 0.240 e. The van der Waals surface area contributed by atoms with E-state index >= 15 is 0 Å². The first kappa shape index (κ1) is 33.4. The number of carbonyl (C=O) groups is 2. The van der Waals surface area contributed by atoms with Gasteiger partial charge in [0.15, 0.2) is 0 Å². The topological polar surface area (TPSA) is 127 Å². The monoisotopic (exact) mass is 648 g/mol. The highest BCUT2D eigenvalue weighted by molar-refractivity contribution is 5.83. The first-order chi connectivity index (χ1) is 23.0. The number of likely N-dealkylation sites (N-methyl/N-ethyl adjacent to an activating group) is 1. The van der Waals surface area contributed by atoms with Crippen molar-refractivity contribution >= 4 is 22.8 Å². The van der Waals surface area contributed by atoms with Gasteiger partial charge in [-0.1, -0.05) is 51.7 Å². The number of aromatic nitrogens is 4. The van der Waals surface area contributed by atoms with E-state index < -0.39 is 6.04 Å². The van der Waals surface area contributed by atoms with Crippen LogP contribution < -0.4 is 5.73 Å². The lowest BCUT2D eigenvalue weighted by molar-refractivity contribution is -0.138. The van der Waals surface area contributed by atoms with Crippen LogP contribution in [0.1, 0.15) is 88.2 Å².